The maximum Gasteiger partial charge on any atom is 0.254 e. The Morgan fingerprint density at radius 1 is 1.15 bits per heavy atom. The summed E-state index contributed by atoms with van der Waals surface area (Å²) in [7, 11) is 0. The minimum Gasteiger partial charge on any atom is -0.485 e. The van der Waals surface area contributed by atoms with Gasteiger partial charge in [0.1, 0.15) is 36.0 Å². The maximum atomic E-state index is 15.2. The summed E-state index contributed by atoms with van der Waals surface area (Å²) in [6, 6.07) is 11.6. The van der Waals surface area contributed by atoms with Crippen LogP contribution in [0.1, 0.15) is 30.0 Å². The quantitative estimate of drug-likeness (QED) is 0.339. The highest BCUT2D eigenvalue weighted by Gasteiger charge is 2.55. The number of ether oxygens (including phenoxy) is 1. The number of aromatic amines is 1. The van der Waals surface area contributed by atoms with Gasteiger partial charge in [0.15, 0.2) is 0 Å². The predicted molar refractivity (Wildman–Crippen MR) is 143 cm³/mol. The van der Waals surface area contributed by atoms with Crippen molar-refractivity contribution in [2.75, 3.05) is 11.9 Å². The molecule has 3 unspecified atom stereocenters. The normalized spacial score (nSPS) is 20.4. The molecule has 5 aromatic rings. The van der Waals surface area contributed by atoms with E-state index in [2.05, 4.69) is 37.4 Å². The van der Waals surface area contributed by atoms with Crippen LogP contribution in [0, 0.1) is 11.9 Å². The van der Waals surface area contributed by atoms with Gasteiger partial charge < -0.3 is 15.0 Å². The van der Waals surface area contributed by atoms with E-state index in [9.17, 15) is 4.79 Å². The topological polar surface area (TPSA) is 128 Å². The molecule has 5 heterocycles. The lowest BCUT2D eigenvalue weighted by Gasteiger charge is -2.21. The van der Waals surface area contributed by atoms with E-state index in [0.717, 1.165) is 17.8 Å². The molecular weight excluding hydrogens is 537 g/mol. The SMILES string of the molecule is C=C1COc2cc(-c3nc(C4C5CC5c5nc(-c6cc(Cl)ccc6-n6cnnn6)cc(=O)n54)[nH]c3F)ccc2N1. The largest absolute Gasteiger partial charge is 0.485 e. The van der Waals surface area contributed by atoms with Gasteiger partial charge in [-0.25, -0.2) is 9.97 Å². The van der Waals surface area contributed by atoms with Gasteiger partial charge in [-0.2, -0.15) is 9.07 Å². The zero-order valence-electron chi connectivity index (χ0n) is 20.7. The first-order valence-electron chi connectivity index (χ1n) is 12.6. The van der Waals surface area contributed by atoms with Crippen LogP contribution in [0.2, 0.25) is 5.02 Å². The Bertz CT molecular complexity index is 1920. The molecule has 1 aliphatic carbocycles. The summed E-state index contributed by atoms with van der Waals surface area (Å²) in [6.07, 6.45) is 2.29. The summed E-state index contributed by atoms with van der Waals surface area (Å²) in [5, 5.41) is 15.0. The van der Waals surface area contributed by atoms with Crippen molar-refractivity contribution in [1.29, 1.82) is 0 Å². The number of H-pyrrole nitrogens is 1. The first-order valence-corrected chi connectivity index (χ1v) is 13.0. The summed E-state index contributed by atoms with van der Waals surface area (Å²) in [6.45, 7) is 4.20. The second kappa shape index (κ2) is 8.33. The highest BCUT2D eigenvalue weighted by Crippen LogP contribution is 2.60. The molecule has 40 heavy (non-hydrogen) atoms. The van der Waals surface area contributed by atoms with Gasteiger partial charge in [-0.15, -0.1) is 5.10 Å². The fourth-order valence-electron chi connectivity index (χ4n) is 5.73. The number of imidazole rings is 1. The molecular formula is C27H19ClFN9O2. The molecule has 11 nitrogen and oxygen atoms in total. The number of nitrogens with zero attached hydrogens (tertiary/aromatic N) is 7. The van der Waals surface area contributed by atoms with Crippen molar-refractivity contribution in [3.05, 3.63) is 94.0 Å². The van der Waals surface area contributed by atoms with Gasteiger partial charge in [-0.05, 0) is 53.1 Å². The number of benzene rings is 2. The Morgan fingerprint density at radius 3 is 2.90 bits per heavy atom. The Morgan fingerprint density at radius 2 is 2.05 bits per heavy atom. The molecule has 0 bridgehead atoms. The fourth-order valence-corrected chi connectivity index (χ4v) is 5.91. The molecule has 8 rings (SSSR count). The second-order valence-electron chi connectivity index (χ2n) is 10.1. The lowest BCUT2D eigenvalue weighted by molar-refractivity contribution is 0.347. The molecule has 2 N–H and O–H groups in total. The molecule has 3 aliphatic rings. The van der Waals surface area contributed by atoms with Crippen molar-refractivity contribution in [3.63, 3.8) is 0 Å². The number of tetrazole rings is 1. The van der Waals surface area contributed by atoms with E-state index in [0.29, 0.717) is 51.5 Å². The number of nitrogens with one attached hydrogen (secondary N) is 2. The van der Waals surface area contributed by atoms with Crippen molar-refractivity contribution >= 4 is 17.3 Å². The van der Waals surface area contributed by atoms with Crippen molar-refractivity contribution in [2.24, 2.45) is 5.92 Å². The zero-order chi connectivity index (χ0) is 27.1. The Labute approximate surface area is 230 Å². The van der Waals surface area contributed by atoms with Crippen LogP contribution in [0.25, 0.3) is 28.2 Å². The minimum atomic E-state index is -0.573. The van der Waals surface area contributed by atoms with Gasteiger partial charge >= 0.3 is 0 Å². The third-order valence-corrected chi connectivity index (χ3v) is 7.83. The molecule has 1 fully saturated rings. The van der Waals surface area contributed by atoms with Crippen molar-refractivity contribution in [2.45, 2.75) is 18.4 Å². The van der Waals surface area contributed by atoms with E-state index >= 15 is 4.39 Å². The Balaban J connectivity index is 1.19. The van der Waals surface area contributed by atoms with Crippen LogP contribution in [0.3, 0.4) is 0 Å². The summed E-state index contributed by atoms with van der Waals surface area (Å²) >= 11 is 6.30. The Kier molecular flexibility index (Phi) is 4.81. The molecule has 3 atom stereocenters. The van der Waals surface area contributed by atoms with Crippen molar-refractivity contribution < 1.29 is 9.13 Å². The maximum absolute atomic E-state index is 15.2. The lowest BCUT2D eigenvalue weighted by Crippen LogP contribution is -2.27. The van der Waals surface area contributed by atoms with Gasteiger partial charge in [0.25, 0.3) is 5.56 Å². The van der Waals surface area contributed by atoms with Crippen molar-refractivity contribution in [3.8, 4) is 34.0 Å². The van der Waals surface area contributed by atoms with Crippen LogP contribution < -0.4 is 15.6 Å². The van der Waals surface area contributed by atoms with Crippen molar-refractivity contribution in [1.82, 2.24) is 39.7 Å². The number of halogens is 2. The number of hydrogen-bond donors (Lipinski definition) is 2. The first kappa shape index (κ1) is 23.1. The molecule has 2 aromatic carbocycles. The van der Waals surface area contributed by atoms with E-state index in [1.54, 1.807) is 41.0 Å². The standard InChI is InChI=1S/C27H19ClFN9O2/c1-12-10-40-21-6-13(2-4-18(21)31-12)23-25(29)34-26(33-23)24-15-8-16(15)27-32-19(9-22(39)38(24)27)17-7-14(28)3-5-20(17)37-11-30-35-36-37/h2-7,9,11,15-16,24,31H,1,8,10H2,(H,33,34). The second-order valence-corrected chi connectivity index (χ2v) is 10.5. The van der Waals surface area contributed by atoms with Crippen LogP contribution in [-0.2, 0) is 0 Å². The van der Waals surface area contributed by atoms with Crippen LogP contribution in [0.4, 0.5) is 10.1 Å². The highest BCUT2D eigenvalue weighted by molar-refractivity contribution is 6.31. The third-order valence-electron chi connectivity index (χ3n) is 7.59. The molecule has 13 heteroatoms. The fraction of sp³-hybridized carbons (Fsp3) is 0.185. The van der Waals surface area contributed by atoms with E-state index in [1.807, 2.05) is 0 Å². The van der Waals surface area contributed by atoms with Crippen LogP contribution in [-0.4, -0.2) is 46.3 Å². The summed E-state index contributed by atoms with van der Waals surface area (Å²) in [4.78, 5) is 25.9. The highest BCUT2D eigenvalue weighted by atomic mass is 35.5. The van der Waals surface area contributed by atoms with E-state index in [4.69, 9.17) is 21.3 Å². The van der Waals surface area contributed by atoms with Gasteiger partial charge in [-0.3, -0.25) is 9.36 Å². The molecule has 2 aliphatic heterocycles. The number of anilines is 1. The van der Waals surface area contributed by atoms with Crippen LogP contribution >= 0.6 is 11.6 Å². The van der Waals surface area contributed by atoms with Crippen LogP contribution in [0.5, 0.6) is 5.75 Å². The molecule has 0 saturated heterocycles. The summed E-state index contributed by atoms with van der Waals surface area (Å²) in [5.41, 5.74) is 3.71. The van der Waals surface area contributed by atoms with E-state index < -0.39 is 12.0 Å². The summed E-state index contributed by atoms with van der Waals surface area (Å²) < 4.78 is 24.1. The molecule has 1 saturated carbocycles. The molecule has 198 valence electrons. The third kappa shape index (κ3) is 3.49. The molecule has 0 amide bonds. The average Bonchev–Trinajstić information content (AvgIpc) is 3.24. The lowest BCUT2D eigenvalue weighted by atomic mass is 10.1. The molecule has 0 radical (unpaired) electrons. The van der Waals surface area contributed by atoms with E-state index in [-0.39, 0.29) is 23.1 Å². The predicted octanol–water partition coefficient (Wildman–Crippen LogP) is 4.09. The van der Waals surface area contributed by atoms with Gasteiger partial charge in [-0.1, -0.05) is 24.2 Å². The van der Waals surface area contributed by atoms with Gasteiger partial charge in [0.05, 0.1) is 23.1 Å². The molecule has 0 spiro atoms. The van der Waals surface area contributed by atoms with Crippen LogP contribution in [0.15, 0.2) is 65.9 Å². The van der Waals surface area contributed by atoms with Gasteiger partial charge in [0.2, 0.25) is 5.95 Å². The number of hydrogen-bond acceptors (Lipinski definition) is 8. The smallest absolute Gasteiger partial charge is 0.254 e. The number of aromatic nitrogens is 8. The number of rotatable bonds is 4. The summed E-state index contributed by atoms with van der Waals surface area (Å²) in [5.74, 6) is 1.22. The molecule has 3 aromatic heterocycles. The monoisotopic (exact) mass is 555 g/mol. The minimum absolute atomic E-state index is 0.0706. The van der Waals surface area contributed by atoms with E-state index in [1.165, 1.54) is 17.1 Å². The Hall–Kier alpha value is -4.84. The number of fused-ring (bicyclic) bond motifs is 4. The average molecular weight is 556 g/mol. The first-order chi connectivity index (χ1) is 19.4. The zero-order valence-corrected chi connectivity index (χ0v) is 21.4. The van der Waals surface area contributed by atoms with Gasteiger partial charge in [0, 0.05) is 33.8 Å².